The molecular weight excluding hydrogens is 515 g/mol. The molecule has 1 aromatic heterocycles. The monoisotopic (exact) mass is 540 g/mol. The molecule has 2 saturated heterocycles. The third-order valence-electron chi connectivity index (χ3n) is 6.83. The molecule has 0 bridgehead atoms. The van der Waals surface area contributed by atoms with Gasteiger partial charge in [-0.05, 0) is 49.2 Å². The van der Waals surface area contributed by atoms with Crippen molar-refractivity contribution in [2.75, 3.05) is 39.3 Å². The highest BCUT2D eigenvalue weighted by molar-refractivity contribution is 9.10. The molecule has 1 N–H and O–H groups in total. The highest BCUT2D eigenvalue weighted by Crippen LogP contribution is 2.21. The highest BCUT2D eigenvalue weighted by Gasteiger charge is 2.30. The Kier molecular flexibility index (Phi) is 6.92. The Balaban J connectivity index is 1.10. The zero-order valence-electron chi connectivity index (χ0n) is 19.2. The maximum Gasteiger partial charge on any atom is 0.254 e. The molecule has 8 nitrogen and oxygen atoms in total. The molecular formula is C25H26BrFN6O2. The van der Waals surface area contributed by atoms with E-state index in [4.69, 9.17) is 0 Å². The van der Waals surface area contributed by atoms with Gasteiger partial charge in [0.1, 0.15) is 16.9 Å². The van der Waals surface area contributed by atoms with E-state index < -0.39 is 0 Å². The molecule has 0 radical (unpaired) electrons. The van der Waals surface area contributed by atoms with Crippen molar-refractivity contribution in [3.05, 3.63) is 63.9 Å². The molecule has 35 heavy (non-hydrogen) atoms. The van der Waals surface area contributed by atoms with Gasteiger partial charge in [0.15, 0.2) is 0 Å². The number of nitrogens with one attached hydrogen (secondary N) is 1. The topological polar surface area (TPSA) is 85.4 Å². The van der Waals surface area contributed by atoms with Crippen LogP contribution in [0.2, 0.25) is 0 Å². The predicted molar refractivity (Wildman–Crippen MR) is 134 cm³/mol. The van der Waals surface area contributed by atoms with Crippen molar-refractivity contribution < 1.29 is 14.0 Å². The molecule has 3 aromatic rings. The van der Waals surface area contributed by atoms with Crippen molar-refractivity contribution in [2.24, 2.45) is 0 Å². The Morgan fingerprint density at radius 1 is 0.943 bits per heavy atom. The van der Waals surface area contributed by atoms with Gasteiger partial charge >= 0.3 is 0 Å². The SMILES string of the molecule is O=C(/C=C/c1ccc(Br)cc1F)N1CCC(N2CCN(C(=O)c3ccc4n[nH]nc4c3)CC2)CC1. The van der Waals surface area contributed by atoms with Crippen LogP contribution in [0.1, 0.15) is 28.8 Å². The minimum Gasteiger partial charge on any atom is -0.339 e. The quantitative estimate of drug-likeness (QED) is 0.513. The molecule has 0 atom stereocenters. The Morgan fingerprint density at radius 3 is 2.43 bits per heavy atom. The number of carbonyl (C=O) groups is 2. The fourth-order valence-electron chi connectivity index (χ4n) is 4.80. The summed E-state index contributed by atoms with van der Waals surface area (Å²) >= 11 is 3.24. The zero-order chi connectivity index (χ0) is 24.4. The summed E-state index contributed by atoms with van der Waals surface area (Å²) in [6.07, 6.45) is 4.77. The fraction of sp³-hybridized carbons (Fsp3) is 0.360. The summed E-state index contributed by atoms with van der Waals surface area (Å²) in [6.45, 7) is 4.34. The van der Waals surface area contributed by atoms with E-state index in [9.17, 15) is 14.0 Å². The van der Waals surface area contributed by atoms with Crippen molar-refractivity contribution in [3.8, 4) is 0 Å². The minimum atomic E-state index is -0.363. The lowest BCUT2D eigenvalue weighted by atomic mass is 10.0. The first kappa shape index (κ1) is 23.6. The van der Waals surface area contributed by atoms with E-state index in [0.29, 0.717) is 53.3 Å². The van der Waals surface area contributed by atoms with Crippen LogP contribution in [0, 0.1) is 5.82 Å². The number of carbonyl (C=O) groups excluding carboxylic acids is 2. The summed E-state index contributed by atoms with van der Waals surface area (Å²) in [6, 6.07) is 10.6. The number of H-pyrrole nitrogens is 1. The van der Waals surface area contributed by atoms with Crippen LogP contribution in [0.3, 0.4) is 0 Å². The van der Waals surface area contributed by atoms with Crippen LogP contribution in [-0.4, -0.2) is 87.2 Å². The average Bonchev–Trinajstić information content (AvgIpc) is 3.36. The second-order valence-corrected chi connectivity index (χ2v) is 9.83. The minimum absolute atomic E-state index is 0.0176. The molecule has 182 valence electrons. The summed E-state index contributed by atoms with van der Waals surface area (Å²) in [5, 5.41) is 10.7. The van der Waals surface area contributed by atoms with Gasteiger partial charge in [-0.15, -0.1) is 0 Å². The van der Waals surface area contributed by atoms with Crippen LogP contribution in [0.15, 0.2) is 46.9 Å². The van der Waals surface area contributed by atoms with E-state index in [1.165, 1.54) is 18.2 Å². The van der Waals surface area contributed by atoms with Crippen LogP contribution in [0.25, 0.3) is 17.1 Å². The van der Waals surface area contributed by atoms with Gasteiger partial charge in [0, 0.05) is 67.0 Å². The summed E-state index contributed by atoms with van der Waals surface area (Å²) in [7, 11) is 0. The lowest BCUT2D eigenvalue weighted by Gasteiger charge is -2.42. The molecule has 2 amide bonds. The molecule has 2 aliphatic rings. The van der Waals surface area contributed by atoms with Crippen molar-refractivity contribution in [3.63, 3.8) is 0 Å². The van der Waals surface area contributed by atoms with E-state index >= 15 is 0 Å². The van der Waals surface area contributed by atoms with Gasteiger partial charge < -0.3 is 9.80 Å². The molecule has 0 spiro atoms. The molecule has 0 saturated carbocycles. The maximum absolute atomic E-state index is 14.0. The summed E-state index contributed by atoms with van der Waals surface area (Å²) < 4.78 is 14.6. The maximum atomic E-state index is 14.0. The lowest BCUT2D eigenvalue weighted by Crippen LogP contribution is -2.54. The van der Waals surface area contributed by atoms with Gasteiger partial charge in [-0.1, -0.05) is 22.0 Å². The van der Waals surface area contributed by atoms with E-state index in [1.54, 1.807) is 24.3 Å². The summed E-state index contributed by atoms with van der Waals surface area (Å²) in [4.78, 5) is 31.7. The lowest BCUT2D eigenvalue weighted by molar-refractivity contribution is -0.127. The Labute approximate surface area is 210 Å². The van der Waals surface area contributed by atoms with Crippen molar-refractivity contribution in [1.82, 2.24) is 30.1 Å². The Hall–Kier alpha value is -3.11. The zero-order valence-corrected chi connectivity index (χ0v) is 20.7. The average molecular weight is 541 g/mol. The van der Waals surface area contributed by atoms with Crippen LogP contribution >= 0.6 is 15.9 Å². The third-order valence-corrected chi connectivity index (χ3v) is 7.32. The largest absolute Gasteiger partial charge is 0.339 e. The molecule has 0 aliphatic carbocycles. The van der Waals surface area contributed by atoms with Gasteiger partial charge in [-0.2, -0.15) is 15.4 Å². The molecule has 10 heteroatoms. The summed E-state index contributed by atoms with van der Waals surface area (Å²) in [5.41, 5.74) is 2.45. The number of halogens is 2. The standard InChI is InChI=1S/C25H26BrFN6O2/c26-19-4-1-17(21(27)16-19)3-6-24(34)32-9-7-20(8-10-32)31-11-13-33(14-12-31)25(35)18-2-5-22-23(15-18)29-30-28-22/h1-6,15-16,20H,7-14H2,(H,28,29,30)/b6-3+. The highest BCUT2D eigenvalue weighted by atomic mass is 79.9. The molecule has 2 aromatic carbocycles. The van der Waals surface area contributed by atoms with Gasteiger partial charge in [-0.25, -0.2) is 4.39 Å². The number of piperidine rings is 1. The summed E-state index contributed by atoms with van der Waals surface area (Å²) in [5.74, 6) is -0.437. The number of likely N-dealkylation sites (tertiary alicyclic amines) is 1. The number of fused-ring (bicyclic) bond motifs is 1. The normalized spacial score (nSPS) is 18.0. The molecule has 2 fully saturated rings. The predicted octanol–water partition coefficient (Wildman–Crippen LogP) is 3.32. The Bertz CT molecular complexity index is 1260. The molecule has 3 heterocycles. The first-order valence-corrected chi connectivity index (χ1v) is 12.5. The number of rotatable bonds is 4. The first-order valence-electron chi connectivity index (χ1n) is 11.7. The van der Waals surface area contributed by atoms with Gasteiger partial charge in [0.05, 0.1) is 0 Å². The van der Waals surface area contributed by atoms with Crippen LogP contribution < -0.4 is 0 Å². The number of hydrogen-bond acceptors (Lipinski definition) is 5. The fourth-order valence-corrected chi connectivity index (χ4v) is 5.13. The van der Waals surface area contributed by atoms with Gasteiger partial charge in [-0.3, -0.25) is 14.5 Å². The number of amides is 2. The van der Waals surface area contributed by atoms with E-state index in [0.717, 1.165) is 31.4 Å². The number of aromatic amines is 1. The smallest absolute Gasteiger partial charge is 0.254 e. The van der Waals surface area contributed by atoms with E-state index in [-0.39, 0.29) is 17.6 Å². The second kappa shape index (κ2) is 10.2. The molecule has 2 aliphatic heterocycles. The second-order valence-electron chi connectivity index (χ2n) is 8.91. The number of piperazine rings is 1. The number of aromatic nitrogens is 3. The first-order chi connectivity index (χ1) is 17.0. The van der Waals surface area contributed by atoms with E-state index in [1.807, 2.05) is 15.9 Å². The third kappa shape index (κ3) is 5.28. The van der Waals surface area contributed by atoms with Crippen LogP contribution in [0.5, 0.6) is 0 Å². The van der Waals surface area contributed by atoms with Crippen molar-refractivity contribution >= 4 is 44.9 Å². The number of hydrogen-bond donors (Lipinski definition) is 1. The Morgan fingerprint density at radius 2 is 1.69 bits per heavy atom. The van der Waals surface area contributed by atoms with Crippen molar-refractivity contribution in [2.45, 2.75) is 18.9 Å². The van der Waals surface area contributed by atoms with Crippen molar-refractivity contribution in [1.29, 1.82) is 0 Å². The van der Waals surface area contributed by atoms with Gasteiger partial charge in [0.2, 0.25) is 5.91 Å². The van der Waals surface area contributed by atoms with E-state index in [2.05, 4.69) is 36.2 Å². The van der Waals surface area contributed by atoms with Gasteiger partial charge in [0.25, 0.3) is 5.91 Å². The number of benzene rings is 2. The van der Waals surface area contributed by atoms with Crippen LogP contribution in [-0.2, 0) is 4.79 Å². The molecule has 5 rings (SSSR count). The van der Waals surface area contributed by atoms with Crippen LogP contribution in [0.4, 0.5) is 4.39 Å². The molecule has 0 unspecified atom stereocenters. The number of nitrogens with zero attached hydrogens (tertiary/aromatic N) is 5.